The van der Waals surface area contributed by atoms with E-state index in [0.717, 1.165) is 10.9 Å². The van der Waals surface area contributed by atoms with Crippen LogP contribution in [0.2, 0.25) is 0 Å². The molecule has 0 bridgehead atoms. The average Bonchev–Trinajstić information content (AvgIpc) is 2.47. The second-order valence-electron chi connectivity index (χ2n) is 4.25. The fraction of sp³-hybridized carbons (Fsp3) is 0. The molecule has 0 aliphatic heterocycles. The molecule has 0 aliphatic carbocycles. The van der Waals surface area contributed by atoms with E-state index in [0.29, 0.717) is 17.2 Å². The number of nitrogens with zero attached hydrogens (tertiary/aromatic N) is 1. The Bertz CT molecular complexity index is 786. The van der Waals surface area contributed by atoms with Crippen molar-refractivity contribution < 1.29 is 9.53 Å². The van der Waals surface area contributed by atoms with Crippen molar-refractivity contribution in [1.82, 2.24) is 4.98 Å². The third kappa shape index (κ3) is 2.63. The van der Waals surface area contributed by atoms with Crippen LogP contribution in [0.1, 0.15) is 10.4 Å². The Morgan fingerprint density at radius 2 is 1.85 bits per heavy atom. The van der Waals surface area contributed by atoms with Crippen molar-refractivity contribution in [3.63, 3.8) is 0 Å². The van der Waals surface area contributed by atoms with Crippen LogP contribution in [-0.4, -0.2) is 10.2 Å². The van der Waals surface area contributed by atoms with E-state index >= 15 is 0 Å². The molecule has 0 aliphatic rings. The number of ether oxygens (including phenoxy) is 1. The van der Waals surface area contributed by atoms with Gasteiger partial charge in [-0.15, -0.1) is 0 Å². The summed E-state index contributed by atoms with van der Waals surface area (Å²) < 4.78 is 5.66. The van der Waals surface area contributed by atoms with Crippen LogP contribution in [-0.2, 0) is 0 Å². The van der Waals surface area contributed by atoms with Gasteiger partial charge >= 0.3 is 0 Å². The third-order valence-corrected chi connectivity index (χ3v) is 3.07. The number of rotatable bonds is 3. The third-order valence-electron chi connectivity index (χ3n) is 2.86. The molecule has 1 aromatic heterocycles. The average molecular weight is 284 g/mol. The first-order valence-corrected chi connectivity index (χ1v) is 6.44. The quantitative estimate of drug-likeness (QED) is 0.669. The molecule has 0 spiro atoms. The molecule has 4 heteroatoms. The van der Waals surface area contributed by atoms with Gasteiger partial charge in [-0.05, 0) is 41.9 Å². The van der Waals surface area contributed by atoms with Crippen molar-refractivity contribution in [3.8, 4) is 11.6 Å². The van der Waals surface area contributed by atoms with Crippen molar-refractivity contribution in [2.24, 2.45) is 0 Å². The molecular formula is C16H10ClNO2. The van der Waals surface area contributed by atoms with E-state index in [9.17, 15) is 4.79 Å². The lowest BCUT2D eigenvalue weighted by Crippen LogP contribution is -1.92. The molecule has 0 radical (unpaired) electrons. The molecule has 1 heterocycles. The van der Waals surface area contributed by atoms with Crippen LogP contribution >= 0.6 is 11.6 Å². The number of benzene rings is 2. The van der Waals surface area contributed by atoms with E-state index < -0.39 is 5.24 Å². The van der Waals surface area contributed by atoms with Crippen molar-refractivity contribution in [2.45, 2.75) is 0 Å². The largest absolute Gasteiger partial charge is 0.439 e. The molecule has 0 saturated heterocycles. The molecule has 0 saturated carbocycles. The van der Waals surface area contributed by atoms with Gasteiger partial charge in [0.05, 0.1) is 5.52 Å². The summed E-state index contributed by atoms with van der Waals surface area (Å²) in [6.07, 6.45) is 0. The minimum Gasteiger partial charge on any atom is -0.439 e. The second kappa shape index (κ2) is 5.31. The van der Waals surface area contributed by atoms with Gasteiger partial charge in [-0.25, -0.2) is 4.98 Å². The molecule has 3 nitrogen and oxygen atoms in total. The van der Waals surface area contributed by atoms with Crippen LogP contribution in [0.4, 0.5) is 0 Å². The zero-order chi connectivity index (χ0) is 13.9. The summed E-state index contributed by atoms with van der Waals surface area (Å²) in [7, 11) is 0. The molecule has 0 N–H and O–H groups in total. The topological polar surface area (TPSA) is 39.2 Å². The zero-order valence-electron chi connectivity index (χ0n) is 10.4. The minimum absolute atomic E-state index is 0.393. The van der Waals surface area contributed by atoms with E-state index in [1.807, 2.05) is 30.3 Å². The van der Waals surface area contributed by atoms with Crippen molar-refractivity contribution >= 4 is 27.7 Å². The Balaban J connectivity index is 1.92. The second-order valence-corrected chi connectivity index (χ2v) is 4.59. The Labute approximate surface area is 120 Å². The zero-order valence-corrected chi connectivity index (χ0v) is 11.2. The highest BCUT2D eigenvalue weighted by Crippen LogP contribution is 2.23. The number of pyridine rings is 1. The summed E-state index contributed by atoms with van der Waals surface area (Å²) in [5.74, 6) is 1.00. The number of halogens is 1. The summed E-state index contributed by atoms with van der Waals surface area (Å²) >= 11 is 5.45. The normalized spacial score (nSPS) is 10.4. The summed E-state index contributed by atoms with van der Waals surface area (Å²) in [5.41, 5.74) is 1.25. The summed E-state index contributed by atoms with van der Waals surface area (Å²) in [6.45, 7) is 0. The number of hydrogen-bond acceptors (Lipinski definition) is 3. The molecule has 3 rings (SSSR count). The highest BCUT2D eigenvalue weighted by Gasteiger charge is 2.05. The van der Waals surface area contributed by atoms with Gasteiger partial charge in [0.15, 0.2) is 0 Å². The van der Waals surface area contributed by atoms with Crippen molar-refractivity contribution in [3.05, 3.63) is 66.2 Å². The molecule has 3 aromatic rings. The predicted octanol–water partition coefficient (Wildman–Crippen LogP) is 4.41. The van der Waals surface area contributed by atoms with Gasteiger partial charge in [-0.1, -0.05) is 24.3 Å². The van der Waals surface area contributed by atoms with Crippen LogP contribution in [0.5, 0.6) is 11.6 Å². The standard InChI is InChI=1S/C16H10ClNO2/c17-16(19)12-5-3-6-13(10-12)20-15-9-8-11-4-1-2-7-14(11)18-15/h1-10H. The highest BCUT2D eigenvalue weighted by atomic mass is 35.5. The Morgan fingerprint density at radius 1 is 1.00 bits per heavy atom. The first-order valence-electron chi connectivity index (χ1n) is 6.06. The maximum absolute atomic E-state index is 11.1. The Hall–Kier alpha value is -2.39. The maximum atomic E-state index is 11.1. The number of carbonyl (C=O) groups is 1. The molecule has 2 aromatic carbocycles. The van der Waals surface area contributed by atoms with Gasteiger partial charge in [0.2, 0.25) is 5.88 Å². The number of carbonyl (C=O) groups excluding carboxylic acids is 1. The molecule has 20 heavy (non-hydrogen) atoms. The lowest BCUT2D eigenvalue weighted by Gasteiger charge is -2.06. The van der Waals surface area contributed by atoms with Crippen molar-refractivity contribution in [1.29, 1.82) is 0 Å². The smallest absolute Gasteiger partial charge is 0.252 e. The molecular weight excluding hydrogens is 274 g/mol. The van der Waals surface area contributed by atoms with Crippen LogP contribution in [0.15, 0.2) is 60.7 Å². The predicted molar refractivity (Wildman–Crippen MR) is 78.4 cm³/mol. The van der Waals surface area contributed by atoms with Gasteiger partial charge in [0, 0.05) is 17.0 Å². The van der Waals surface area contributed by atoms with Gasteiger partial charge in [0.1, 0.15) is 5.75 Å². The SMILES string of the molecule is O=C(Cl)c1cccc(Oc2ccc3ccccc3n2)c1. The van der Waals surface area contributed by atoms with Gasteiger partial charge in [-0.3, -0.25) is 4.79 Å². The lowest BCUT2D eigenvalue weighted by atomic mass is 10.2. The number of para-hydroxylation sites is 1. The Morgan fingerprint density at radius 3 is 2.70 bits per heavy atom. The van der Waals surface area contributed by atoms with E-state index in [-0.39, 0.29) is 0 Å². The van der Waals surface area contributed by atoms with Crippen LogP contribution < -0.4 is 4.74 Å². The molecule has 0 fully saturated rings. The first kappa shape index (κ1) is 12.6. The maximum Gasteiger partial charge on any atom is 0.252 e. The highest BCUT2D eigenvalue weighted by molar-refractivity contribution is 6.67. The monoisotopic (exact) mass is 283 g/mol. The van der Waals surface area contributed by atoms with Gasteiger partial charge in [-0.2, -0.15) is 0 Å². The summed E-state index contributed by atoms with van der Waals surface area (Å²) in [4.78, 5) is 15.5. The molecule has 0 atom stereocenters. The lowest BCUT2D eigenvalue weighted by molar-refractivity contribution is 0.108. The molecule has 98 valence electrons. The number of aromatic nitrogens is 1. The molecule has 0 unspecified atom stereocenters. The first-order chi connectivity index (χ1) is 9.72. The number of fused-ring (bicyclic) bond motifs is 1. The van der Waals surface area contributed by atoms with E-state index in [1.54, 1.807) is 30.3 Å². The van der Waals surface area contributed by atoms with Crippen LogP contribution in [0, 0.1) is 0 Å². The van der Waals surface area contributed by atoms with E-state index in [2.05, 4.69) is 4.98 Å². The van der Waals surface area contributed by atoms with Crippen molar-refractivity contribution in [2.75, 3.05) is 0 Å². The minimum atomic E-state index is -0.512. The van der Waals surface area contributed by atoms with Gasteiger partial charge in [0.25, 0.3) is 5.24 Å². The van der Waals surface area contributed by atoms with Gasteiger partial charge < -0.3 is 4.74 Å². The van der Waals surface area contributed by atoms with E-state index in [4.69, 9.17) is 16.3 Å². The fourth-order valence-corrected chi connectivity index (χ4v) is 2.02. The fourth-order valence-electron chi connectivity index (χ4n) is 1.91. The Kier molecular flexibility index (Phi) is 3.35. The summed E-state index contributed by atoms with van der Waals surface area (Å²) in [5, 5.41) is 0.534. The summed E-state index contributed by atoms with van der Waals surface area (Å²) in [6, 6.07) is 18.2. The van der Waals surface area contributed by atoms with Crippen LogP contribution in [0.3, 0.4) is 0 Å². The number of hydrogen-bond donors (Lipinski definition) is 0. The van der Waals surface area contributed by atoms with Crippen LogP contribution in [0.25, 0.3) is 10.9 Å². The molecule has 0 amide bonds. The van der Waals surface area contributed by atoms with E-state index in [1.165, 1.54) is 0 Å².